The summed E-state index contributed by atoms with van der Waals surface area (Å²) < 4.78 is 5.74. The van der Waals surface area contributed by atoms with Gasteiger partial charge in [-0.3, -0.25) is 4.79 Å². The second kappa shape index (κ2) is 9.18. The lowest BCUT2D eigenvalue weighted by Crippen LogP contribution is -2.31. The Morgan fingerprint density at radius 3 is 2.17 bits per heavy atom. The van der Waals surface area contributed by atoms with Gasteiger partial charge in [-0.2, -0.15) is 0 Å². The summed E-state index contributed by atoms with van der Waals surface area (Å²) in [4.78, 5) is 11.7. The summed E-state index contributed by atoms with van der Waals surface area (Å²) >= 11 is 0. The lowest BCUT2D eigenvalue weighted by Gasteiger charge is -2.16. The highest BCUT2D eigenvalue weighted by Gasteiger charge is 2.11. The first kappa shape index (κ1) is 19.0. The molecule has 2 unspecified atom stereocenters. The largest absolute Gasteiger partial charge is 0.457 e. The zero-order chi connectivity index (χ0) is 15.9. The third-order valence-electron chi connectivity index (χ3n) is 3.24. The van der Waals surface area contributed by atoms with Crippen LogP contribution in [0, 0.1) is 0 Å². The van der Waals surface area contributed by atoms with Crippen LogP contribution in [0.3, 0.4) is 0 Å². The smallest absolute Gasteiger partial charge is 0.222 e. The molecular formula is C18H23ClN2O2. The van der Waals surface area contributed by atoms with Gasteiger partial charge < -0.3 is 15.8 Å². The van der Waals surface area contributed by atoms with Crippen molar-refractivity contribution < 1.29 is 9.53 Å². The molecule has 0 spiro atoms. The van der Waals surface area contributed by atoms with E-state index < -0.39 is 0 Å². The van der Waals surface area contributed by atoms with Crippen LogP contribution in [-0.2, 0) is 4.79 Å². The van der Waals surface area contributed by atoms with Crippen LogP contribution in [-0.4, -0.2) is 11.9 Å². The van der Waals surface area contributed by atoms with Gasteiger partial charge in [-0.1, -0.05) is 30.3 Å². The number of hydrogen-bond acceptors (Lipinski definition) is 3. The van der Waals surface area contributed by atoms with Gasteiger partial charge in [0.15, 0.2) is 0 Å². The standard InChI is InChI=1S/C18H22N2O2.ClH/c1-13(19)12-18(21)20-14(2)15-8-10-17(11-9-15)22-16-6-4-3-5-7-16;/h3-11,13-14H,12,19H2,1-2H3,(H,20,21);1H. The highest BCUT2D eigenvalue weighted by atomic mass is 35.5. The van der Waals surface area contributed by atoms with Gasteiger partial charge in [0.2, 0.25) is 5.91 Å². The minimum atomic E-state index is -0.131. The van der Waals surface area contributed by atoms with Crippen LogP contribution in [0.4, 0.5) is 0 Å². The molecular weight excluding hydrogens is 312 g/mol. The van der Waals surface area contributed by atoms with E-state index in [4.69, 9.17) is 10.5 Å². The molecule has 0 fully saturated rings. The molecule has 0 bridgehead atoms. The molecule has 0 aliphatic rings. The first-order valence-corrected chi connectivity index (χ1v) is 7.42. The quantitative estimate of drug-likeness (QED) is 0.844. The number of nitrogens with two attached hydrogens (primary N) is 1. The molecule has 0 aromatic heterocycles. The van der Waals surface area contributed by atoms with E-state index in [1.54, 1.807) is 0 Å². The first-order valence-electron chi connectivity index (χ1n) is 7.42. The molecule has 0 saturated carbocycles. The Morgan fingerprint density at radius 2 is 1.61 bits per heavy atom. The number of rotatable bonds is 6. The molecule has 124 valence electrons. The molecule has 23 heavy (non-hydrogen) atoms. The molecule has 5 heteroatoms. The lowest BCUT2D eigenvalue weighted by molar-refractivity contribution is -0.122. The van der Waals surface area contributed by atoms with Crippen LogP contribution in [0.5, 0.6) is 11.5 Å². The fourth-order valence-electron chi connectivity index (χ4n) is 2.13. The van der Waals surface area contributed by atoms with Crippen molar-refractivity contribution in [2.24, 2.45) is 5.73 Å². The van der Waals surface area contributed by atoms with Gasteiger partial charge in [0.05, 0.1) is 6.04 Å². The molecule has 0 radical (unpaired) electrons. The zero-order valence-corrected chi connectivity index (χ0v) is 14.2. The van der Waals surface area contributed by atoms with Crippen LogP contribution in [0.1, 0.15) is 31.9 Å². The summed E-state index contributed by atoms with van der Waals surface area (Å²) in [5.74, 6) is 1.53. The van der Waals surface area contributed by atoms with Crippen molar-refractivity contribution in [3.8, 4) is 11.5 Å². The Morgan fingerprint density at radius 1 is 1.04 bits per heavy atom. The number of benzene rings is 2. The summed E-state index contributed by atoms with van der Waals surface area (Å²) in [5.41, 5.74) is 6.65. The van der Waals surface area contributed by atoms with Crippen molar-refractivity contribution in [1.29, 1.82) is 0 Å². The molecule has 3 N–H and O–H groups in total. The molecule has 2 atom stereocenters. The van der Waals surface area contributed by atoms with Gasteiger partial charge in [0, 0.05) is 12.5 Å². The maximum absolute atomic E-state index is 11.7. The summed E-state index contributed by atoms with van der Waals surface area (Å²) in [7, 11) is 0. The van der Waals surface area contributed by atoms with Gasteiger partial charge >= 0.3 is 0 Å². The normalized spacial score (nSPS) is 12.7. The Bertz CT molecular complexity index is 600. The Hall–Kier alpha value is -2.04. The highest BCUT2D eigenvalue weighted by molar-refractivity contribution is 5.85. The van der Waals surface area contributed by atoms with Crippen LogP contribution in [0.2, 0.25) is 0 Å². The number of amides is 1. The summed E-state index contributed by atoms with van der Waals surface area (Å²) in [6, 6.07) is 17.1. The van der Waals surface area contributed by atoms with Crippen molar-refractivity contribution in [2.45, 2.75) is 32.4 Å². The van der Waals surface area contributed by atoms with Crippen molar-refractivity contribution in [2.75, 3.05) is 0 Å². The molecule has 0 aliphatic carbocycles. The van der Waals surface area contributed by atoms with E-state index in [1.807, 2.05) is 68.4 Å². The highest BCUT2D eigenvalue weighted by Crippen LogP contribution is 2.23. The predicted octanol–water partition coefficient (Wildman–Crippen LogP) is 3.82. The van der Waals surface area contributed by atoms with E-state index in [0.29, 0.717) is 6.42 Å². The fraction of sp³-hybridized carbons (Fsp3) is 0.278. The Balaban J connectivity index is 0.00000264. The average Bonchev–Trinajstić information content (AvgIpc) is 2.48. The number of carbonyl (C=O) groups is 1. The third-order valence-corrected chi connectivity index (χ3v) is 3.24. The first-order chi connectivity index (χ1) is 10.5. The number of para-hydroxylation sites is 1. The van der Waals surface area contributed by atoms with E-state index in [9.17, 15) is 4.79 Å². The summed E-state index contributed by atoms with van der Waals surface area (Å²) in [6.45, 7) is 3.77. The molecule has 0 heterocycles. The summed E-state index contributed by atoms with van der Waals surface area (Å²) in [6.07, 6.45) is 0.333. The molecule has 4 nitrogen and oxygen atoms in total. The molecule has 0 saturated heterocycles. The zero-order valence-electron chi connectivity index (χ0n) is 13.4. The van der Waals surface area contributed by atoms with Gasteiger partial charge in [-0.25, -0.2) is 0 Å². The number of halogens is 1. The van der Waals surface area contributed by atoms with Gasteiger partial charge in [-0.15, -0.1) is 12.4 Å². The second-order valence-corrected chi connectivity index (χ2v) is 5.45. The number of ether oxygens (including phenoxy) is 1. The van der Waals surface area contributed by atoms with E-state index in [0.717, 1.165) is 17.1 Å². The van der Waals surface area contributed by atoms with Gasteiger partial charge in [0.25, 0.3) is 0 Å². The van der Waals surface area contributed by atoms with Crippen LogP contribution in [0.25, 0.3) is 0 Å². The lowest BCUT2D eigenvalue weighted by atomic mass is 10.1. The van der Waals surface area contributed by atoms with Crippen molar-refractivity contribution in [1.82, 2.24) is 5.32 Å². The Labute approximate surface area is 143 Å². The van der Waals surface area contributed by atoms with Gasteiger partial charge in [0.1, 0.15) is 11.5 Å². The van der Waals surface area contributed by atoms with E-state index in [1.165, 1.54) is 0 Å². The minimum Gasteiger partial charge on any atom is -0.457 e. The fourth-order valence-corrected chi connectivity index (χ4v) is 2.13. The molecule has 2 rings (SSSR count). The maximum atomic E-state index is 11.7. The van der Waals surface area contributed by atoms with E-state index >= 15 is 0 Å². The monoisotopic (exact) mass is 334 g/mol. The second-order valence-electron chi connectivity index (χ2n) is 5.45. The van der Waals surface area contributed by atoms with E-state index in [2.05, 4.69) is 5.32 Å². The minimum absolute atomic E-state index is 0. The van der Waals surface area contributed by atoms with Gasteiger partial charge in [-0.05, 0) is 43.7 Å². The van der Waals surface area contributed by atoms with Crippen molar-refractivity contribution >= 4 is 18.3 Å². The van der Waals surface area contributed by atoms with Crippen LogP contribution in [0.15, 0.2) is 54.6 Å². The summed E-state index contributed by atoms with van der Waals surface area (Å²) in [5, 5.41) is 2.94. The SMILES string of the molecule is CC(N)CC(=O)NC(C)c1ccc(Oc2ccccc2)cc1.Cl. The maximum Gasteiger partial charge on any atom is 0.222 e. The number of nitrogens with one attached hydrogen (secondary N) is 1. The van der Waals surface area contributed by atoms with Crippen molar-refractivity contribution in [3.63, 3.8) is 0 Å². The molecule has 0 aliphatic heterocycles. The Kier molecular flexibility index (Phi) is 7.59. The van der Waals surface area contributed by atoms with Crippen LogP contribution < -0.4 is 15.8 Å². The average molecular weight is 335 g/mol. The predicted molar refractivity (Wildman–Crippen MR) is 95.0 cm³/mol. The third kappa shape index (κ3) is 6.30. The molecule has 2 aromatic rings. The molecule has 2 aromatic carbocycles. The number of carbonyl (C=O) groups excluding carboxylic acids is 1. The topological polar surface area (TPSA) is 64.4 Å². The van der Waals surface area contributed by atoms with E-state index in [-0.39, 0.29) is 30.4 Å². The van der Waals surface area contributed by atoms with Crippen molar-refractivity contribution in [3.05, 3.63) is 60.2 Å². The molecule has 1 amide bonds. The number of hydrogen-bond donors (Lipinski definition) is 2. The van der Waals surface area contributed by atoms with Crippen LogP contribution >= 0.6 is 12.4 Å².